The molecule has 0 aliphatic heterocycles. The smallest absolute Gasteiger partial charge is 0.115 e. The van der Waals surface area contributed by atoms with Crippen LogP contribution in [0, 0.1) is 0 Å². The first-order valence-corrected chi connectivity index (χ1v) is 6.11. The van der Waals surface area contributed by atoms with E-state index in [-0.39, 0.29) is 0 Å². The molecule has 1 aromatic heterocycles. The minimum absolute atomic E-state index is 0.679. The lowest BCUT2D eigenvalue weighted by Gasteiger charge is -2.02. The van der Waals surface area contributed by atoms with Gasteiger partial charge in [-0.25, -0.2) is 9.97 Å². The van der Waals surface area contributed by atoms with E-state index in [4.69, 9.17) is 0 Å². The Balaban J connectivity index is 2.13. The van der Waals surface area contributed by atoms with E-state index in [1.54, 1.807) is 12.4 Å². The van der Waals surface area contributed by atoms with Crippen LogP contribution in [-0.4, -0.2) is 32.2 Å². The fourth-order valence-corrected chi connectivity index (χ4v) is 1.65. The molecule has 0 aromatic carbocycles. The Hall–Kier alpha value is -0.810. The van der Waals surface area contributed by atoms with E-state index in [0.717, 1.165) is 24.4 Å². The van der Waals surface area contributed by atoms with Gasteiger partial charge in [0.05, 0.1) is 0 Å². The van der Waals surface area contributed by atoms with Crippen molar-refractivity contribution in [2.45, 2.75) is 13.5 Å². The van der Waals surface area contributed by atoms with Crippen molar-refractivity contribution in [2.24, 2.45) is 0 Å². The molecule has 0 bridgehead atoms. The number of hydrogen-bond donors (Lipinski definition) is 1. The SMILES string of the molecule is CCS(=O)CCNCc1cncnc1. The summed E-state index contributed by atoms with van der Waals surface area (Å²) in [6.07, 6.45) is 5.06. The van der Waals surface area contributed by atoms with Crippen molar-refractivity contribution in [1.29, 1.82) is 0 Å². The number of rotatable bonds is 6. The molecular formula is C9H15N3OS. The van der Waals surface area contributed by atoms with Gasteiger partial charge in [-0.2, -0.15) is 0 Å². The van der Waals surface area contributed by atoms with Crippen molar-refractivity contribution in [2.75, 3.05) is 18.1 Å². The second-order valence-corrected chi connectivity index (χ2v) is 4.72. The van der Waals surface area contributed by atoms with Crippen LogP contribution in [-0.2, 0) is 17.3 Å². The summed E-state index contributed by atoms with van der Waals surface area (Å²) in [5.41, 5.74) is 1.05. The standard InChI is InChI=1S/C9H15N3OS/c1-2-14(13)4-3-10-5-9-6-11-8-12-7-9/h6-8,10H,2-5H2,1H3. The molecule has 1 rings (SSSR count). The molecule has 0 amide bonds. The molecule has 5 heteroatoms. The third-order valence-electron chi connectivity index (χ3n) is 1.77. The fraction of sp³-hybridized carbons (Fsp3) is 0.556. The highest BCUT2D eigenvalue weighted by molar-refractivity contribution is 7.84. The number of aromatic nitrogens is 2. The molecule has 1 N–H and O–H groups in total. The van der Waals surface area contributed by atoms with Crippen molar-refractivity contribution in [3.63, 3.8) is 0 Å². The lowest BCUT2D eigenvalue weighted by atomic mass is 10.3. The van der Waals surface area contributed by atoms with Crippen LogP contribution in [0.3, 0.4) is 0 Å². The molecule has 1 atom stereocenters. The van der Waals surface area contributed by atoms with Crippen molar-refractivity contribution < 1.29 is 4.21 Å². The van der Waals surface area contributed by atoms with E-state index >= 15 is 0 Å². The van der Waals surface area contributed by atoms with Crippen molar-refractivity contribution in [1.82, 2.24) is 15.3 Å². The Morgan fingerprint density at radius 2 is 2.14 bits per heavy atom. The van der Waals surface area contributed by atoms with Gasteiger partial charge in [0.25, 0.3) is 0 Å². The maximum atomic E-state index is 11.1. The Morgan fingerprint density at radius 1 is 1.43 bits per heavy atom. The van der Waals surface area contributed by atoms with Gasteiger partial charge in [0.1, 0.15) is 6.33 Å². The zero-order chi connectivity index (χ0) is 10.2. The maximum absolute atomic E-state index is 11.1. The van der Waals surface area contributed by atoms with Gasteiger partial charge in [-0.15, -0.1) is 0 Å². The molecule has 0 aliphatic carbocycles. The van der Waals surface area contributed by atoms with Gasteiger partial charge in [0.15, 0.2) is 0 Å². The molecule has 14 heavy (non-hydrogen) atoms. The molecule has 0 saturated heterocycles. The molecule has 0 spiro atoms. The van der Waals surface area contributed by atoms with E-state index in [2.05, 4.69) is 15.3 Å². The lowest BCUT2D eigenvalue weighted by molar-refractivity contribution is 0.673. The first-order chi connectivity index (χ1) is 6.83. The summed E-state index contributed by atoms with van der Waals surface area (Å²) in [6, 6.07) is 0. The van der Waals surface area contributed by atoms with Gasteiger partial charge in [0, 0.05) is 53.4 Å². The second-order valence-electron chi connectivity index (χ2n) is 2.86. The fourth-order valence-electron chi connectivity index (χ4n) is 0.984. The average Bonchev–Trinajstić information content (AvgIpc) is 2.25. The summed E-state index contributed by atoms with van der Waals surface area (Å²) in [6.45, 7) is 3.44. The number of hydrogen-bond acceptors (Lipinski definition) is 4. The molecule has 1 aromatic rings. The summed E-state index contributed by atoms with van der Waals surface area (Å²) in [7, 11) is -0.679. The second kappa shape index (κ2) is 6.62. The lowest BCUT2D eigenvalue weighted by Crippen LogP contribution is -2.20. The monoisotopic (exact) mass is 213 g/mol. The molecule has 0 fully saturated rings. The molecule has 1 heterocycles. The van der Waals surface area contributed by atoms with Crippen LogP contribution in [0.5, 0.6) is 0 Å². The molecular weight excluding hydrogens is 198 g/mol. The predicted molar refractivity (Wildman–Crippen MR) is 57.3 cm³/mol. The highest BCUT2D eigenvalue weighted by atomic mass is 32.2. The molecule has 0 radical (unpaired) electrons. The van der Waals surface area contributed by atoms with Crippen molar-refractivity contribution in [3.05, 3.63) is 24.3 Å². The van der Waals surface area contributed by atoms with Crippen molar-refractivity contribution in [3.8, 4) is 0 Å². The van der Waals surface area contributed by atoms with Crippen LogP contribution in [0.4, 0.5) is 0 Å². The van der Waals surface area contributed by atoms with Crippen LogP contribution in [0.25, 0.3) is 0 Å². The quantitative estimate of drug-likeness (QED) is 0.692. The first kappa shape index (κ1) is 11.3. The van der Waals surface area contributed by atoms with Crippen LogP contribution in [0.2, 0.25) is 0 Å². The van der Waals surface area contributed by atoms with Gasteiger partial charge < -0.3 is 5.32 Å². The van der Waals surface area contributed by atoms with Crippen LogP contribution < -0.4 is 5.32 Å². The van der Waals surface area contributed by atoms with Crippen molar-refractivity contribution >= 4 is 10.8 Å². The van der Waals surface area contributed by atoms with E-state index in [1.165, 1.54) is 6.33 Å². The summed E-state index contributed by atoms with van der Waals surface area (Å²) in [5, 5.41) is 3.19. The minimum Gasteiger partial charge on any atom is -0.312 e. The highest BCUT2D eigenvalue weighted by Crippen LogP contribution is 1.90. The Bertz CT molecular complexity index is 279. The van der Waals surface area contributed by atoms with Gasteiger partial charge in [-0.05, 0) is 0 Å². The first-order valence-electron chi connectivity index (χ1n) is 4.62. The number of nitrogens with one attached hydrogen (secondary N) is 1. The predicted octanol–water partition coefficient (Wildman–Crippen LogP) is 0.335. The third kappa shape index (κ3) is 4.43. The summed E-state index contributed by atoms with van der Waals surface area (Å²) < 4.78 is 11.1. The average molecular weight is 213 g/mol. The molecule has 0 saturated carbocycles. The van der Waals surface area contributed by atoms with Gasteiger partial charge >= 0.3 is 0 Å². The zero-order valence-electron chi connectivity index (χ0n) is 8.27. The van der Waals surface area contributed by atoms with E-state index in [9.17, 15) is 4.21 Å². The van der Waals surface area contributed by atoms with Gasteiger partial charge in [0.2, 0.25) is 0 Å². The van der Waals surface area contributed by atoms with Gasteiger partial charge in [-0.1, -0.05) is 6.92 Å². The normalized spacial score (nSPS) is 12.6. The highest BCUT2D eigenvalue weighted by Gasteiger charge is 1.95. The van der Waals surface area contributed by atoms with E-state index < -0.39 is 10.8 Å². The Labute approximate surface area is 86.6 Å². The zero-order valence-corrected chi connectivity index (χ0v) is 9.09. The maximum Gasteiger partial charge on any atom is 0.115 e. The van der Waals surface area contributed by atoms with Crippen LogP contribution >= 0.6 is 0 Å². The molecule has 78 valence electrons. The van der Waals surface area contributed by atoms with E-state index in [0.29, 0.717) is 5.75 Å². The summed E-state index contributed by atoms with van der Waals surface area (Å²) in [4.78, 5) is 7.81. The van der Waals surface area contributed by atoms with Crippen LogP contribution in [0.1, 0.15) is 12.5 Å². The number of nitrogens with zero attached hydrogens (tertiary/aromatic N) is 2. The Kier molecular flexibility index (Phi) is 5.32. The topological polar surface area (TPSA) is 54.9 Å². The van der Waals surface area contributed by atoms with E-state index in [1.807, 2.05) is 6.92 Å². The van der Waals surface area contributed by atoms with Gasteiger partial charge in [-0.3, -0.25) is 4.21 Å². The molecule has 1 unspecified atom stereocenters. The molecule has 4 nitrogen and oxygen atoms in total. The minimum atomic E-state index is -0.679. The Morgan fingerprint density at radius 3 is 2.79 bits per heavy atom. The summed E-state index contributed by atoms with van der Waals surface area (Å²) in [5.74, 6) is 1.44. The summed E-state index contributed by atoms with van der Waals surface area (Å²) >= 11 is 0. The molecule has 0 aliphatic rings. The van der Waals surface area contributed by atoms with Crippen LogP contribution in [0.15, 0.2) is 18.7 Å². The third-order valence-corrected chi connectivity index (χ3v) is 3.08. The largest absolute Gasteiger partial charge is 0.312 e.